The molecule has 30 heavy (non-hydrogen) atoms. The van der Waals surface area contributed by atoms with Crippen molar-refractivity contribution in [2.75, 3.05) is 18.0 Å². The first-order valence-electron chi connectivity index (χ1n) is 10.1. The molecule has 0 radical (unpaired) electrons. The van der Waals surface area contributed by atoms with E-state index in [4.69, 9.17) is 27.3 Å². The molecule has 0 bridgehead atoms. The van der Waals surface area contributed by atoms with Crippen molar-refractivity contribution in [3.8, 4) is 0 Å². The molecule has 1 saturated heterocycles. The highest BCUT2D eigenvalue weighted by molar-refractivity contribution is 7.99. The molecule has 152 valence electrons. The first kappa shape index (κ1) is 18.4. The van der Waals surface area contributed by atoms with Crippen LogP contribution < -0.4 is 10.6 Å². The number of hydrogen-bond donors (Lipinski definition) is 2. The van der Waals surface area contributed by atoms with Crippen molar-refractivity contribution in [1.82, 2.24) is 24.9 Å². The van der Waals surface area contributed by atoms with Gasteiger partial charge in [-0.25, -0.2) is 9.97 Å². The van der Waals surface area contributed by atoms with Gasteiger partial charge >= 0.3 is 0 Å². The second-order valence-electron chi connectivity index (χ2n) is 7.94. The summed E-state index contributed by atoms with van der Waals surface area (Å²) in [5.74, 6) is 2.03. The minimum absolute atomic E-state index is 0.332. The zero-order valence-corrected chi connectivity index (χ0v) is 17.9. The first-order chi connectivity index (χ1) is 14.6. The maximum atomic E-state index is 6.71. The number of aromatic amines is 1. The fraction of sp³-hybridized carbons (Fsp3) is 0.333. The molecule has 1 saturated carbocycles. The number of hydrogen-bond acceptors (Lipinski definition) is 7. The average Bonchev–Trinajstić information content (AvgIpc) is 3.10. The third-order valence-electron chi connectivity index (χ3n) is 6.19. The van der Waals surface area contributed by atoms with E-state index in [0.29, 0.717) is 23.0 Å². The summed E-state index contributed by atoms with van der Waals surface area (Å²) in [6.07, 6.45) is 4.22. The number of rotatable bonds is 4. The van der Waals surface area contributed by atoms with E-state index in [2.05, 4.69) is 26.8 Å². The molecule has 3 atom stereocenters. The van der Waals surface area contributed by atoms with Gasteiger partial charge in [0.2, 0.25) is 0 Å². The number of aryl methyl sites for hydroxylation is 1. The first-order valence-corrected chi connectivity index (χ1v) is 11.3. The summed E-state index contributed by atoms with van der Waals surface area (Å²) >= 11 is 8.23. The fourth-order valence-electron chi connectivity index (χ4n) is 4.45. The summed E-state index contributed by atoms with van der Waals surface area (Å²) in [5.41, 5.74) is 9.66. The maximum absolute atomic E-state index is 6.71. The smallest absolute Gasteiger partial charge is 0.196 e. The third kappa shape index (κ3) is 2.85. The topological polar surface area (TPSA) is 96.6 Å². The lowest BCUT2D eigenvalue weighted by molar-refractivity contribution is 0.732. The quantitative estimate of drug-likeness (QED) is 0.470. The highest BCUT2D eigenvalue weighted by Crippen LogP contribution is 2.47. The summed E-state index contributed by atoms with van der Waals surface area (Å²) in [5, 5.41) is 2.33. The SMILES string of the molecule is CCc1[nH]c2nc(Sc3ccc4nccnc4c3)nc(N3C[C@@H]4C(N)[C@@H]4C3)c2c1Cl. The molecule has 4 heterocycles. The lowest BCUT2D eigenvalue weighted by atomic mass is 10.2. The summed E-state index contributed by atoms with van der Waals surface area (Å²) in [6.45, 7) is 3.94. The van der Waals surface area contributed by atoms with E-state index >= 15 is 0 Å². The molecule has 6 rings (SSSR count). The van der Waals surface area contributed by atoms with Crippen molar-refractivity contribution in [3.63, 3.8) is 0 Å². The molecule has 1 aliphatic heterocycles. The van der Waals surface area contributed by atoms with Crippen LogP contribution in [0.25, 0.3) is 22.1 Å². The second-order valence-corrected chi connectivity index (χ2v) is 9.36. The van der Waals surface area contributed by atoms with Crippen LogP contribution in [-0.4, -0.2) is 44.1 Å². The third-order valence-corrected chi connectivity index (χ3v) is 7.46. The van der Waals surface area contributed by atoms with Crippen molar-refractivity contribution < 1.29 is 0 Å². The van der Waals surface area contributed by atoms with Gasteiger partial charge in [0, 0.05) is 42.1 Å². The second kappa shape index (κ2) is 6.80. The van der Waals surface area contributed by atoms with Crippen LogP contribution in [0, 0.1) is 11.8 Å². The number of aromatic nitrogens is 5. The number of fused-ring (bicyclic) bond motifs is 3. The number of nitrogens with two attached hydrogens (primary N) is 1. The van der Waals surface area contributed by atoms with Gasteiger partial charge in [-0.1, -0.05) is 18.5 Å². The lowest BCUT2D eigenvalue weighted by Crippen LogP contribution is -2.29. The van der Waals surface area contributed by atoms with Gasteiger partial charge in [-0.15, -0.1) is 0 Å². The Balaban J connectivity index is 1.42. The van der Waals surface area contributed by atoms with Crippen LogP contribution in [0.3, 0.4) is 0 Å². The Morgan fingerprint density at radius 1 is 1.17 bits per heavy atom. The van der Waals surface area contributed by atoms with Crippen LogP contribution in [0.1, 0.15) is 12.6 Å². The van der Waals surface area contributed by atoms with E-state index in [1.807, 2.05) is 18.2 Å². The molecule has 2 fully saturated rings. The molecule has 0 spiro atoms. The minimum atomic E-state index is 0.332. The van der Waals surface area contributed by atoms with E-state index in [1.54, 1.807) is 12.4 Å². The molecule has 3 N–H and O–H groups in total. The average molecular weight is 438 g/mol. The Morgan fingerprint density at radius 3 is 2.70 bits per heavy atom. The standard InChI is InChI=1S/C21H20ClN7S/c1-2-13-17(22)16-19(26-13)27-21(28-20(16)29-8-11-12(9-29)18(11)23)30-10-3-4-14-15(7-10)25-6-5-24-14/h3-7,11-12,18H,2,8-9,23H2,1H3,(H,26,27,28)/t11-,12+,18?. The highest BCUT2D eigenvalue weighted by atomic mass is 35.5. The van der Waals surface area contributed by atoms with Crippen molar-refractivity contribution in [2.45, 2.75) is 29.4 Å². The number of nitrogens with one attached hydrogen (secondary N) is 1. The minimum Gasteiger partial charge on any atom is -0.355 e. The fourth-order valence-corrected chi connectivity index (χ4v) is 5.59. The van der Waals surface area contributed by atoms with Crippen molar-refractivity contribution in [3.05, 3.63) is 41.3 Å². The summed E-state index contributed by atoms with van der Waals surface area (Å²) in [6, 6.07) is 6.35. The van der Waals surface area contributed by atoms with Crippen LogP contribution in [0.15, 0.2) is 40.6 Å². The van der Waals surface area contributed by atoms with Crippen LogP contribution >= 0.6 is 23.4 Å². The number of nitrogens with zero attached hydrogens (tertiary/aromatic N) is 5. The molecule has 9 heteroatoms. The molecule has 1 unspecified atom stereocenters. The molecule has 1 aliphatic carbocycles. The number of piperidine rings is 1. The maximum Gasteiger partial charge on any atom is 0.196 e. The van der Waals surface area contributed by atoms with Crippen molar-refractivity contribution in [1.29, 1.82) is 0 Å². The molecular weight excluding hydrogens is 418 g/mol. The number of halogens is 1. The predicted octanol–water partition coefficient (Wildman–Crippen LogP) is 3.66. The van der Waals surface area contributed by atoms with Gasteiger partial charge in [0.25, 0.3) is 0 Å². The van der Waals surface area contributed by atoms with E-state index in [1.165, 1.54) is 11.8 Å². The van der Waals surface area contributed by atoms with Crippen molar-refractivity contribution in [2.24, 2.45) is 17.6 Å². The van der Waals surface area contributed by atoms with Gasteiger partial charge < -0.3 is 15.6 Å². The van der Waals surface area contributed by atoms with E-state index in [0.717, 1.165) is 63.0 Å². The normalized spacial score (nSPS) is 22.8. The number of H-pyrrole nitrogens is 1. The molecule has 3 aromatic heterocycles. The molecule has 4 aromatic rings. The molecule has 1 aromatic carbocycles. The predicted molar refractivity (Wildman–Crippen MR) is 119 cm³/mol. The van der Waals surface area contributed by atoms with Gasteiger partial charge in [-0.2, -0.15) is 0 Å². The van der Waals surface area contributed by atoms with E-state index in [9.17, 15) is 0 Å². The van der Waals surface area contributed by atoms with E-state index in [-0.39, 0.29) is 0 Å². The van der Waals surface area contributed by atoms with Gasteiger partial charge in [0.1, 0.15) is 11.5 Å². The van der Waals surface area contributed by atoms with Gasteiger partial charge in [0.15, 0.2) is 5.16 Å². The molecular formula is C21H20ClN7S. The molecule has 2 aliphatic rings. The Bertz CT molecular complexity index is 1280. The van der Waals surface area contributed by atoms with Crippen LogP contribution in [-0.2, 0) is 6.42 Å². The van der Waals surface area contributed by atoms with Crippen LogP contribution in [0.5, 0.6) is 0 Å². The summed E-state index contributed by atoms with van der Waals surface area (Å²) in [7, 11) is 0. The molecule has 7 nitrogen and oxygen atoms in total. The number of benzene rings is 1. The lowest BCUT2D eigenvalue weighted by Gasteiger charge is -2.21. The summed E-state index contributed by atoms with van der Waals surface area (Å²) in [4.78, 5) is 25.2. The van der Waals surface area contributed by atoms with Gasteiger partial charge in [-0.05, 0) is 48.2 Å². The van der Waals surface area contributed by atoms with Gasteiger partial charge in [-0.3, -0.25) is 9.97 Å². The van der Waals surface area contributed by atoms with Crippen molar-refractivity contribution >= 4 is 51.2 Å². The summed E-state index contributed by atoms with van der Waals surface area (Å²) < 4.78 is 0. The molecule has 0 amide bonds. The zero-order chi connectivity index (χ0) is 20.4. The largest absolute Gasteiger partial charge is 0.355 e. The monoisotopic (exact) mass is 437 g/mol. The van der Waals surface area contributed by atoms with Crippen LogP contribution in [0.4, 0.5) is 5.82 Å². The number of anilines is 1. The Kier molecular flexibility index (Phi) is 4.16. The van der Waals surface area contributed by atoms with Gasteiger partial charge in [0.05, 0.1) is 21.4 Å². The highest BCUT2D eigenvalue weighted by Gasteiger charge is 2.54. The Labute approximate surface area is 182 Å². The Morgan fingerprint density at radius 2 is 1.93 bits per heavy atom. The zero-order valence-electron chi connectivity index (χ0n) is 16.3. The van der Waals surface area contributed by atoms with E-state index < -0.39 is 0 Å². The van der Waals surface area contributed by atoms with Crippen LogP contribution in [0.2, 0.25) is 5.02 Å². The Hall–Kier alpha value is -2.42.